The molecule has 4 N–H and O–H groups in total. The highest BCUT2D eigenvalue weighted by molar-refractivity contribution is 7.92. The Morgan fingerprint density at radius 3 is 2.38 bits per heavy atom. The number of nitrogens with zero attached hydrogens (tertiary/aromatic N) is 2. The molecule has 0 saturated carbocycles. The molecule has 0 saturated heterocycles. The van der Waals surface area contributed by atoms with Crippen LogP contribution in [0.15, 0.2) is 35.4 Å². The topological polar surface area (TPSA) is 127 Å². The van der Waals surface area contributed by atoms with Gasteiger partial charge >= 0.3 is 0 Å². The first-order valence-electron chi connectivity index (χ1n) is 7.21. The highest BCUT2D eigenvalue weighted by Crippen LogP contribution is 2.22. The molecule has 0 aliphatic rings. The number of rotatable bonds is 5. The fourth-order valence-electron chi connectivity index (χ4n) is 1.96. The van der Waals surface area contributed by atoms with Crippen LogP contribution in [0.25, 0.3) is 11.3 Å². The lowest BCUT2D eigenvalue weighted by Gasteiger charge is -2.09. The van der Waals surface area contributed by atoms with Gasteiger partial charge in [-0.3, -0.25) is 10.2 Å². The van der Waals surface area contributed by atoms with Gasteiger partial charge in [0, 0.05) is 12.6 Å². The number of nitrogens with two attached hydrogens (primary N) is 1. The van der Waals surface area contributed by atoms with Crippen LogP contribution in [-0.2, 0) is 9.84 Å². The zero-order valence-corrected chi connectivity index (χ0v) is 14.4. The summed E-state index contributed by atoms with van der Waals surface area (Å²) in [6.07, 6.45) is 1.43. The smallest absolute Gasteiger partial charge is 0.287 e. The van der Waals surface area contributed by atoms with Crippen LogP contribution < -0.4 is 16.6 Å². The first-order chi connectivity index (χ1) is 11.3. The predicted molar refractivity (Wildman–Crippen MR) is 90.7 cm³/mol. The Balaban J connectivity index is 2.40. The molecule has 0 atom stereocenters. The van der Waals surface area contributed by atoms with Crippen molar-refractivity contribution in [3.05, 3.63) is 36.2 Å². The van der Waals surface area contributed by atoms with Crippen molar-refractivity contribution in [2.75, 3.05) is 12.8 Å². The molecular formula is C15H19N5O3S. The normalized spacial score (nSPS) is 11.5. The van der Waals surface area contributed by atoms with Crippen molar-refractivity contribution in [1.82, 2.24) is 20.8 Å². The average molecular weight is 349 g/mol. The molecule has 8 nitrogen and oxygen atoms in total. The van der Waals surface area contributed by atoms with Crippen LogP contribution in [0.3, 0.4) is 0 Å². The van der Waals surface area contributed by atoms with E-state index in [1.165, 1.54) is 18.3 Å². The van der Waals surface area contributed by atoms with Crippen molar-refractivity contribution >= 4 is 21.6 Å². The summed E-state index contributed by atoms with van der Waals surface area (Å²) < 4.78 is 24.3. The molecule has 1 heterocycles. The third kappa shape index (κ3) is 3.52. The van der Waals surface area contributed by atoms with Crippen molar-refractivity contribution in [2.45, 2.75) is 24.0 Å². The minimum atomic E-state index is -3.34. The molecule has 2 rings (SSSR count). The molecule has 0 radical (unpaired) electrons. The number of nitrogen functional groups attached to an aromatic ring is 1. The number of anilines is 1. The number of carbonyl (C=O) groups excluding carboxylic acids is 1. The van der Waals surface area contributed by atoms with Crippen LogP contribution in [0.4, 0.5) is 5.82 Å². The van der Waals surface area contributed by atoms with E-state index in [1.54, 1.807) is 33.0 Å². The highest BCUT2D eigenvalue weighted by atomic mass is 32.2. The number of amides is 1. The van der Waals surface area contributed by atoms with Crippen molar-refractivity contribution < 1.29 is 13.2 Å². The van der Waals surface area contributed by atoms with Crippen LogP contribution in [-0.4, -0.2) is 36.6 Å². The number of aromatic nitrogens is 2. The van der Waals surface area contributed by atoms with E-state index < -0.39 is 21.0 Å². The summed E-state index contributed by atoms with van der Waals surface area (Å²) in [5.41, 5.74) is 11.6. The van der Waals surface area contributed by atoms with E-state index in [-0.39, 0.29) is 16.4 Å². The molecule has 2 aromatic rings. The Hall–Kier alpha value is -2.52. The third-order valence-corrected chi connectivity index (χ3v) is 5.52. The number of nitrogens with one attached hydrogen (secondary N) is 2. The molecule has 0 spiro atoms. The summed E-state index contributed by atoms with van der Waals surface area (Å²) in [6.45, 7) is 3.25. The zero-order chi connectivity index (χ0) is 17.9. The van der Waals surface area contributed by atoms with Gasteiger partial charge in [-0.25, -0.2) is 23.8 Å². The van der Waals surface area contributed by atoms with E-state index in [0.29, 0.717) is 11.3 Å². The van der Waals surface area contributed by atoms with Gasteiger partial charge in [0.25, 0.3) is 5.91 Å². The van der Waals surface area contributed by atoms with E-state index in [0.717, 1.165) is 0 Å². The molecular weight excluding hydrogens is 330 g/mol. The lowest BCUT2D eigenvalue weighted by molar-refractivity contribution is 0.0933. The van der Waals surface area contributed by atoms with Gasteiger partial charge in [-0.2, -0.15) is 0 Å². The summed E-state index contributed by atoms with van der Waals surface area (Å²) in [5.74, 6) is -0.506. The highest BCUT2D eigenvalue weighted by Gasteiger charge is 2.19. The third-order valence-electron chi connectivity index (χ3n) is 3.35. The SMILES string of the molecule is CNNC(=O)c1nc(-c2ccc(S(=O)(=O)C(C)C)cc2)cnc1N. The summed E-state index contributed by atoms with van der Waals surface area (Å²) >= 11 is 0. The number of hydrazine groups is 1. The summed E-state index contributed by atoms with van der Waals surface area (Å²) in [6, 6.07) is 6.26. The number of sulfone groups is 1. The van der Waals surface area contributed by atoms with Crippen LogP contribution in [0.1, 0.15) is 24.3 Å². The van der Waals surface area contributed by atoms with Crippen LogP contribution >= 0.6 is 0 Å². The van der Waals surface area contributed by atoms with Crippen molar-refractivity contribution in [3.8, 4) is 11.3 Å². The lowest BCUT2D eigenvalue weighted by atomic mass is 10.1. The van der Waals surface area contributed by atoms with Crippen molar-refractivity contribution in [2.24, 2.45) is 0 Å². The Morgan fingerprint density at radius 2 is 1.83 bits per heavy atom. The quantitative estimate of drug-likeness (QED) is 0.680. The molecule has 0 aliphatic carbocycles. The van der Waals surface area contributed by atoms with Gasteiger partial charge < -0.3 is 5.73 Å². The monoisotopic (exact) mass is 349 g/mol. The summed E-state index contributed by atoms with van der Waals surface area (Å²) in [4.78, 5) is 20.3. The van der Waals surface area contributed by atoms with Gasteiger partial charge in [0.05, 0.1) is 22.0 Å². The first-order valence-corrected chi connectivity index (χ1v) is 8.76. The Kier molecular flexibility index (Phi) is 5.15. The number of carbonyl (C=O) groups is 1. The van der Waals surface area contributed by atoms with Crippen molar-refractivity contribution in [3.63, 3.8) is 0 Å². The average Bonchev–Trinajstić information content (AvgIpc) is 2.55. The first kappa shape index (κ1) is 17.8. The van der Waals surface area contributed by atoms with E-state index in [4.69, 9.17) is 5.73 Å². The maximum Gasteiger partial charge on any atom is 0.287 e. The van der Waals surface area contributed by atoms with Gasteiger partial charge in [0.2, 0.25) is 0 Å². The molecule has 128 valence electrons. The molecule has 1 amide bonds. The summed E-state index contributed by atoms with van der Waals surface area (Å²) in [7, 11) is -1.80. The minimum absolute atomic E-state index is 0.00510. The predicted octanol–water partition coefficient (Wildman–Crippen LogP) is 0.772. The van der Waals surface area contributed by atoms with Crippen LogP contribution in [0.5, 0.6) is 0 Å². The largest absolute Gasteiger partial charge is 0.382 e. The lowest BCUT2D eigenvalue weighted by Crippen LogP contribution is -2.35. The molecule has 0 unspecified atom stereocenters. The van der Waals surface area contributed by atoms with E-state index in [1.807, 2.05) is 0 Å². The Labute approximate surface area is 140 Å². The number of hydrogen-bond donors (Lipinski definition) is 3. The standard InChI is InChI=1S/C15H19N5O3S/c1-9(2)24(22,23)11-6-4-10(5-7-11)12-8-18-14(16)13(19-12)15(21)20-17-3/h4-9,17H,1-3H3,(H2,16,18)(H,20,21). The molecule has 1 aromatic carbocycles. The number of hydrogen-bond acceptors (Lipinski definition) is 7. The molecule has 0 bridgehead atoms. The van der Waals surface area contributed by atoms with Gasteiger partial charge in [-0.15, -0.1) is 0 Å². The molecule has 24 heavy (non-hydrogen) atoms. The Bertz CT molecular complexity index is 848. The van der Waals surface area contributed by atoms with Crippen molar-refractivity contribution in [1.29, 1.82) is 0 Å². The van der Waals surface area contributed by atoms with E-state index in [9.17, 15) is 13.2 Å². The zero-order valence-electron chi connectivity index (χ0n) is 13.6. The number of benzene rings is 1. The minimum Gasteiger partial charge on any atom is -0.382 e. The van der Waals surface area contributed by atoms with Crippen LogP contribution in [0.2, 0.25) is 0 Å². The second kappa shape index (κ2) is 6.93. The van der Waals surface area contributed by atoms with Gasteiger partial charge in [-0.1, -0.05) is 12.1 Å². The molecule has 0 fully saturated rings. The second-order valence-corrected chi connectivity index (χ2v) is 7.82. The molecule has 0 aliphatic heterocycles. The van der Waals surface area contributed by atoms with E-state index >= 15 is 0 Å². The van der Waals surface area contributed by atoms with E-state index in [2.05, 4.69) is 20.8 Å². The van der Waals surface area contributed by atoms with Crippen LogP contribution in [0, 0.1) is 0 Å². The second-order valence-electron chi connectivity index (χ2n) is 5.31. The summed E-state index contributed by atoms with van der Waals surface area (Å²) in [5, 5.41) is -0.503. The maximum atomic E-state index is 12.1. The fraction of sp³-hybridized carbons (Fsp3) is 0.267. The molecule has 9 heteroatoms. The molecule has 1 aromatic heterocycles. The van der Waals surface area contributed by atoms with Gasteiger partial charge in [-0.05, 0) is 26.0 Å². The van der Waals surface area contributed by atoms with Gasteiger partial charge in [0.15, 0.2) is 21.3 Å². The fourth-order valence-corrected chi connectivity index (χ4v) is 3.02. The van der Waals surface area contributed by atoms with Gasteiger partial charge in [0.1, 0.15) is 0 Å². The maximum absolute atomic E-state index is 12.1. The Morgan fingerprint density at radius 1 is 1.21 bits per heavy atom.